The van der Waals surface area contributed by atoms with E-state index >= 15 is 0 Å². The van der Waals surface area contributed by atoms with Crippen LogP contribution in [0, 0.1) is 6.92 Å². The van der Waals surface area contributed by atoms with E-state index in [1.54, 1.807) is 12.1 Å². The van der Waals surface area contributed by atoms with Crippen molar-refractivity contribution < 1.29 is 13.2 Å². The zero-order valence-electron chi connectivity index (χ0n) is 16.3. The lowest BCUT2D eigenvalue weighted by molar-refractivity contribution is -0.120. The standard InChI is InChI=1S/C21H27N3O3S/c1-17-8-6-7-11-20(17)24(28(2,26)27)16-21(25)22-19-12-13-23(15-19)14-18-9-4-3-5-10-18/h3-11,19H,12-16H2,1-2H3,(H,22,25). The van der Waals surface area contributed by atoms with Gasteiger partial charge in [-0.2, -0.15) is 0 Å². The fraction of sp³-hybridized carbons (Fsp3) is 0.381. The summed E-state index contributed by atoms with van der Waals surface area (Å²) < 4.78 is 25.7. The fourth-order valence-electron chi connectivity index (χ4n) is 3.56. The fourth-order valence-corrected chi connectivity index (χ4v) is 4.48. The summed E-state index contributed by atoms with van der Waals surface area (Å²) in [6.45, 7) is 4.16. The van der Waals surface area contributed by atoms with Crippen LogP contribution in [0.25, 0.3) is 0 Å². The quantitative estimate of drug-likeness (QED) is 0.772. The van der Waals surface area contributed by atoms with Crippen molar-refractivity contribution in [1.29, 1.82) is 0 Å². The first-order valence-electron chi connectivity index (χ1n) is 9.42. The zero-order valence-corrected chi connectivity index (χ0v) is 17.2. The molecule has 1 unspecified atom stereocenters. The van der Waals surface area contributed by atoms with Crippen molar-refractivity contribution in [2.45, 2.75) is 25.9 Å². The number of anilines is 1. The number of para-hydroxylation sites is 1. The molecule has 1 fully saturated rings. The number of carbonyl (C=O) groups excluding carboxylic acids is 1. The van der Waals surface area contributed by atoms with Gasteiger partial charge >= 0.3 is 0 Å². The van der Waals surface area contributed by atoms with E-state index < -0.39 is 10.0 Å². The van der Waals surface area contributed by atoms with Crippen molar-refractivity contribution in [3.63, 3.8) is 0 Å². The van der Waals surface area contributed by atoms with E-state index in [2.05, 4.69) is 22.3 Å². The van der Waals surface area contributed by atoms with E-state index in [1.807, 2.05) is 37.3 Å². The second kappa shape index (κ2) is 8.75. The first-order valence-corrected chi connectivity index (χ1v) is 11.3. The van der Waals surface area contributed by atoms with Gasteiger partial charge in [-0.3, -0.25) is 14.0 Å². The Balaban J connectivity index is 1.59. The highest BCUT2D eigenvalue weighted by Crippen LogP contribution is 2.22. The second-order valence-electron chi connectivity index (χ2n) is 7.33. The van der Waals surface area contributed by atoms with Gasteiger partial charge in [-0.05, 0) is 30.5 Å². The third kappa shape index (κ3) is 5.33. The zero-order chi connectivity index (χ0) is 20.1. The van der Waals surface area contributed by atoms with Gasteiger partial charge in [0.25, 0.3) is 0 Å². The number of hydrogen-bond donors (Lipinski definition) is 1. The van der Waals surface area contributed by atoms with E-state index in [0.717, 1.165) is 37.9 Å². The number of amides is 1. The average Bonchev–Trinajstić information content (AvgIpc) is 3.07. The highest BCUT2D eigenvalue weighted by Gasteiger charge is 2.27. The van der Waals surface area contributed by atoms with Crippen molar-refractivity contribution in [1.82, 2.24) is 10.2 Å². The van der Waals surface area contributed by atoms with Crippen molar-refractivity contribution in [3.05, 3.63) is 65.7 Å². The van der Waals surface area contributed by atoms with E-state index in [9.17, 15) is 13.2 Å². The number of benzene rings is 2. The molecule has 1 aliphatic heterocycles. The van der Waals surface area contributed by atoms with Crippen molar-refractivity contribution in [2.75, 3.05) is 30.2 Å². The molecule has 1 aliphatic rings. The monoisotopic (exact) mass is 401 g/mol. The van der Waals surface area contributed by atoms with E-state index in [1.165, 1.54) is 9.87 Å². The molecule has 2 aromatic rings. The smallest absolute Gasteiger partial charge is 0.241 e. The summed E-state index contributed by atoms with van der Waals surface area (Å²) in [6, 6.07) is 17.5. The van der Waals surface area contributed by atoms with Crippen LogP contribution in [0.2, 0.25) is 0 Å². The molecular weight excluding hydrogens is 374 g/mol. The largest absolute Gasteiger partial charge is 0.350 e. The number of rotatable bonds is 7. The number of hydrogen-bond acceptors (Lipinski definition) is 4. The van der Waals surface area contributed by atoms with Gasteiger partial charge in [0.2, 0.25) is 15.9 Å². The molecule has 1 atom stereocenters. The topological polar surface area (TPSA) is 69.7 Å². The minimum Gasteiger partial charge on any atom is -0.350 e. The lowest BCUT2D eigenvalue weighted by atomic mass is 10.2. The van der Waals surface area contributed by atoms with Crippen molar-refractivity contribution in [2.24, 2.45) is 0 Å². The third-order valence-electron chi connectivity index (χ3n) is 4.96. The molecule has 150 valence electrons. The average molecular weight is 402 g/mol. The van der Waals surface area contributed by atoms with Gasteiger partial charge in [0.15, 0.2) is 0 Å². The lowest BCUT2D eigenvalue weighted by Crippen LogP contribution is -2.45. The molecule has 0 saturated carbocycles. The van der Waals surface area contributed by atoms with Gasteiger partial charge in [0.1, 0.15) is 6.54 Å². The summed E-state index contributed by atoms with van der Waals surface area (Å²) in [7, 11) is -3.56. The molecule has 0 aromatic heterocycles. The highest BCUT2D eigenvalue weighted by atomic mass is 32.2. The van der Waals surface area contributed by atoms with Crippen LogP contribution < -0.4 is 9.62 Å². The molecule has 0 bridgehead atoms. The van der Waals surface area contributed by atoms with E-state index in [4.69, 9.17) is 0 Å². The van der Waals surface area contributed by atoms with Crippen LogP contribution in [0.5, 0.6) is 0 Å². The predicted octanol–water partition coefficient (Wildman–Crippen LogP) is 2.15. The van der Waals surface area contributed by atoms with Crippen molar-refractivity contribution in [3.8, 4) is 0 Å². The molecule has 6 nitrogen and oxygen atoms in total. The van der Waals surface area contributed by atoms with E-state index in [0.29, 0.717) is 5.69 Å². The van der Waals surface area contributed by atoms with Gasteiger partial charge in [-0.15, -0.1) is 0 Å². The Hall–Kier alpha value is -2.38. The summed E-state index contributed by atoms with van der Waals surface area (Å²) in [5.41, 5.74) is 2.60. The summed E-state index contributed by atoms with van der Waals surface area (Å²) in [5, 5.41) is 3.00. The molecule has 0 spiro atoms. The molecule has 2 aromatic carbocycles. The normalized spacial score (nSPS) is 17.4. The molecule has 1 saturated heterocycles. The number of sulfonamides is 1. The lowest BCUT2D eigenvalue weighted by Gasteiger charge is -2.24. The first kappa shape index (κ1) is 20.4. The third-order valence-corrected chi connectivity index (χ3v) is 6.08. The van der Waals surface area contributed by atoms with Gasteiger partial charge in [0.05, 0.1) is 11.9 Å². The van der Waals surface area contributed by atoms with Crippen LogP contribution in [0.1, 0.15) is 17.5 Å². The van der Waals surface area contributed by atoms with Crippen LogP contribution in [-0.4, -0.2) is 51.2 Å². The van der Waals surface area contributed by atoms with Gasteiger partial charge in [0, 0.05) is 25.7 Å². The van der Waals surface area contributed by atoms with Crippen LogP contribution in [0.3, 0.4) is 0 Å². The van der Waals surface area contributed by atoms with Crippen LogP contribution in [-0.2, 0) is 21.4 Å². The summed E-state index contributed by atoms with van der Waals surface area (Å²) in [4.78, 5) is 14.9. The molecule has 1 amide bonds. The maximum Gasteiger partial charge on any atom is 0.241 e. The maximum atomic E-state index is 12.6. The molecule has 0 radical (unpaired) electrons. The summed E-state index contributed by atoms with van der Waals surface area (Å²) in [5.74, 6) is -0.278. The maximum absolute atomic E-state index is 12.6. The number of likely N-dealkylation sites (tertiary alicyclic amines) is 1. The number of nitrogens with zero attached hydrogens (tertiary/aromatic N) is 2. The molecule has 0 aliphatic carbocycles. The minimum atomic E-state index is -3.56. The van der Waals surface area contributed by atoms with E-state index in [-0.39, 0.29) is 18.5 Å². The van der Waals surface area contributed by atoms with Gasteiger partial charge in [-0.25, -0.2) is 8.42 Å². The summed E-state index contributed by atoms with van der Waals surface area (Å²) >= 11 is 0. The molecule has 1 heterocycles. The molecular formula is C21H27N3O3S. The van der Waals surface area contributed by atoms with Crippen LogP contribution >= 0.6 is 0 Å². The van der Waals surface area contributed by atoms with Crippen molar-refractivity contribution >= 4 is 21.6 Å². The SMILES string of the molecule is Cc1ccccc1N(CC(=O)NC1CCN(Cc2ccccc2)C1)S(C)(=O)=O. The van der Waals surface area contributed by atoms with Gasteiger partial charge < -0.3 is 5.32 Å². The second-order valence-corrected chi connectivity index (χ2v) is 9.24. The Kier molecular flexibility index (Phi) is 6.36. The number of carbonyl (C=O) groups is 1. The molecule has 1 N–H and O–H groups in total. The number of nitrogens with one attached hydrogen (secondary N) is 1. The molecule has 7 heteroatoms. The molecule has 3 rings (SSSR count). The molecule has 28 heavy (non-hydrogen) atoms. The first-order chi connectivity index (χ1) is 13.3. The number of aryl methyl sites for hydroxylation is 1. The van der Waals surface area contributed by atoms with Crippen LogP contribution in [0.4, 0.5) is 5.69 Å². The Labute approximate surface area is 167 Å². The highest BCUT2D eigenvalue weighted by molar-refractivity contribution is 7.92. The Morgan fingerprint density at radius 3 is 2.50 bits per heavy atom. The summed E-state index contributed by atoms with van der Waals surface area (Å²) in [6.07, 6.45) is 1.99. The minimum absolute atomic E-state index is 0.0366. The van der Waals surface area contributed by atoms with Gasteiger partial charge in [-0.1, -0.05) is 48.5 Å². The Morgan fingerprint density at radius 1 is 1.14 bits per heavy atom. The van der Waals surface area contributed by atoms with Crippen LogP contribution in [0.15, 0.2) is 54.6 Å². The predicted molar refractivity (Wildman–Crippen MR) is 112 cm³/mol. The Morgan fingerprint density at radius 2 is 1.82 bits per heavy atom. The Bertz CT molecular complexity index is 916.